The lowest BCUT2D eigenvalue weighted by atomic mass is 9.67. The van der Waals surface area contributed by atoms with Crippen molar-refractivity contribution in [1.82, 2.24) is 0 Å². The van der Waals surface area contributed by atoms with Gasteiger partial charge in [-0.15, -0.1) is 0 Å². The summed E-state index contributed by atoms with van der Waals surface area (Å²) in [6.07, 6.45) is 9.36. The Morgan fingerprint density at radius 1 is 0.622 bits per heavy atom. The van der Waals surface area contributed by atoms with Crippen LogP contribution in [-0.4, -0.2) is 0 Å². The van der Waals surface area contributed by atoms with Gasteiger partial charge in [0.05, 0.1) is 0 Å². The molecule has 9 rings (SSSR count). The Kier molecular flexibility index (Phi) is 5.19. The molecule has 1 unspecified atom stereocenters. The third-order valence-electron chi connectivity index (χ3n) is 10.6. The molecule has 0 bridgehead atoms. The molecule has 0 aromatic heterocycles. The molecular formula is C45H36. The number of benzene rings is 6. The van der Waals surface area contributed by atoms with E-state index in [-0.39, 0.29) is 10.8 Å². The maximum atomic E-state index is 4.70. The maximum absolute atomic E-state index is 4.70. The van der Waals surface area contributed by atoms with Crippen LogP contribution in [0.2, 0.25) is 0 Å². The van der Waals surface area contributed by atoms with Crippen molar-refractivity contribution in [1.29, 1.82) is 0 Å². The summed E-state index contributed by atoms with van der Waals surface area (Å²) in [6, 6.07) is 34.7. The number of fused-ring (bicyclic) bond motifs is 7. The van der Waals surface area contributed by atoms with Crippen LogP contribution < -0.4 is 0 Å². The molecule has 0 amide bonds. The zero-order valence-corrected chi connectivity index (χ0v) is 26.7. The van der Waals surface area contributed by atoms with Gasteiger partial charge in [-0.2, -0.15) is 0 Å². The molecule has 6 aromatic rings. The first-order valence-electron chi connectivity index (χ1n) is 16.1. The fraction of sp³-hybridized carbons (Fsp3) is 0.156. The average Bonchev–Trinajstić information content (AvgIpc) is 3.28. The minimum atomic E-state index is -0.296. The smallest absolute Gasteiger partial charge is 0.0369 e. The highest BCUT2D eigenvalue weighted by atomic mass is 14.4. The molecule has 3 aliphatic carbocycles. The zero-order valence-electron chi connectivity index (χ0n) is 26.7. The lowest BCUT2D eigenvalue weighted by molar-refractivity contribution is 0.588. The molecule has 0 radical (unpaired) electrons. The number of hydrogen-bond donors (Lipinski definition) is 0. The molecule has 0 N–H and O–H groups in total. The maximum Gasteiger partial charge on any atom is 0.0369 e. The minimum absolute atomic E-state index is 0.0306. The zero-order chi connectivity index (χ0) is 30.8. The van der Waals surface area contributed by atoms with Crippen molar-refractivity contribution in [2.75, 3.05) is 0 Å². The summed E-state index contributed by atoms with van der Waals surface area (Å²) >= 11 is 0. The monoisotopic (exact) mass is 576 g/mol. The highest BCUT2D eigenvalue weighted by Gasteiger charge is 2.39. The summed E-state index contributed by atoms with van der Waals surface area (Å²) in [7, 11) is 0. The van der Waals surface area contributed by atoms with E-state index in [9.17, 15) is 0 Å². The van der Waals surface area contributed by atoms with Crippen LogP contribution in [0, 0.1) is 6.92 Å². The quantitative estimate of drug-likeness (QED) is 0.171. The van der Waals surface area contributed by atoms with Crippen molar-refractivity contribution in [3.63, 3.8) is 0 Å². The van der Waals surface area contributed by atoms with Crippen molar-refractivity contribution in [2.24, 2.45) is 0 Å². The van der Waals surface area contributed by atoms with E-state index in [1.54, 1.807) is 0 Å². The van der Waals surface area contributed by atoms with Crippen LogP contribution in [0.4, 0.5) is 0 Å². The first-order valence-corrected chi connectivity index (χ1v) is 16.1. The molecule has 0 fully saturated rings. The largest absolute Gasteiger partial charge is 0.0911 e. The van der Waals surface area contributed by atoms with E-state index < -0.39 is 0 Å². The number of hydrogen-bond acceptors (Lipinski definition) is 0. The third kappa shape index (κ3) is 3.60. The summed E-state index contributed by atoms with van der Waals surface area (Å²) in [5.41, 5.74) is 15.3. The van der Waals surface area contributed by atoms with Crippen LogP contribution in [0.15, 0.2) is 127 Å². The second-order valence-corrected chi connectivity index (χ2v) is 14.5. The standard InChI is InChI=1S/C45H36/c1-26-13-14-28-22-30-24-38-36-17-18-40-43-32(15-16-35(42(36)43)37(38)25-31(30)23-29(28)20-26)27(2)21-41-34(11-9-19-45(40,41)6)33-10-7-8-12-39(33)44(3,4)5/h7-25H,2H2,1,3-6H3. The van der Waals surface area contributed by atoms with E-state index in [4.69, 9.17) is 6.58 Å². The van der Waals surface area contributed by atoms with Gasteiger partial charge in [-0.3, -0.25) is 0 Å². The van der Waals surface area contributed by atoms with Crippen molar-refractivity contribution in [3.8, 4) is 22.3 Å². The van der Waals surface area contributed by atoms with Crippen LogP contribution >= 0.6 is 0 Å². The molecule has 0 nitrogen and oxygen atoms in total. The first-order chi connectivity index (χ1) is 21.6. The second-order valence-electron chi connectivity index (χ2n) is 14.5. The molecule has 0 saturated carbocycles. The molecule has 1 atom stereocenters. The van der Waals surface area contributed by atoms with Crippen molar-refractivity contribution in [2.45, 2.75) is 45.4 Å². The van der Waals surface area contributed by atoms with E-state index in [1.165, 1.54) is 93.5 Å². The van der Waals surface area contributed by atoms with Crippen LogP contribution in [0.1, 0.15) is 55.5 Å². The summed E-state index contributed by atoms with van der Waals surface area (Å²) in [5.74, 6) is 0. The summed E-state index contributed by atoms with van der Waals surface area (Å²) in [6.45, 7) is 16.2. The topological polar surface area (TPSA) is 0 Å². The molecule has 0 heterocycles. The Labute approximate surface area is 265 Å². The molecule has 6 aromatic carbocycles. The van der Waals surface area contributed by atoms with Gasteiger partial charge >= 0.3 is 0 Å². The molecule has 0 spiro atoms. The summed E-state index contributed by atoms with van der Waals surface area (Å²) in [4.78, 5) is 0. The van der Waals surface area contributed by atoms with Crippen molar-refractivity contribution < 1.29 is 0 Å². The highest BCUT2D eigenvalue weighted by molar-refractivity contribution is 6.21. The first kappa shape index (κ1) is 26.5. The molecule has 0 saturated heterocycles. The summed E-state index contributed by atoms with van der Waals surface area (Å²) in [5, 5.41) is 7.90. The third-order valence-corrected chi connectivity index (χ3v) is 10.6. The fourth-order valence-corrected chi connectivity index (χ4v) is 8.38. The van der Waals surface area contributed by atoms with Gasteiger partial charge in [-0.1, -0.05) is 118 Å². The SMILES string of the molecule is C=C1C=C2C(c3ccccc3C(C)(C)C)=CC=CC2(C)c2ccc3c4c(ccc1c24)-c1cc2cc4cc(C)ccc4cc2cc1-3. The van der Waals surface area contributed by atoms with Gasteiger partial charge in [-0.25, -0.2) is 0 Å². The molecule has 45 heavy (non-hydrogen) atoms. The molecule has 216 valence electrons. The second kappa shape index (κ2) is 8.83. The van der Waals surface area contributed by atoms with Crippen LogP contribution in [0.5, 0.6) is 0 Å². The predicted octanol–water partition coefficient (Wildman–Crippen LogP) is 12.3. The van der Waals surface area contributed by atoms with Gasteiger partial charge < -0.3 is 0 Å². The van der Waals surface area contributed by atoms with Crippen LogP contribution in [0.25, 0.3) is 65.7 Å². The highest BCUT2D eigenvalue weighted by Crippen LogP contribution is 2.56. The Bertz CT molecular complexity index is 2430. The molecule has 0 heteroatoms. The normalized spacial score (nSPS) is 18.2. The Balaban J connectivity index is 1.28. The van der Waals surface area contributed by atoms with Crippen LogP contribution in [-0.2, 0) is 10.8 Å². The minimum Gasteiger partial charge on any atom is -0.0911 e. The Morgan fingerprint density at radius 2 is 1.29 bits per heavy atom. The average molecular weight is 577 g/mol. The van der Waals surface area contributed by atoms with Gasteiger partial charge in [-0.05, 0) is 143 Å². The number of rotatable bonds is 1. The number of allylic oxidation sites excluding steroid dienone is 7. The lowest BCUT2D eigenvalue weighted by Gasteiger charge is -2.36. The van der Waals surface area contributed by atoms with Crippen molar-refractivity contribution >= 4 is 43.5 Å². The Morgan fingerprint density at radius 3 is 2.04 bits per heavy atom. The van der Waals surface area contributed by atoms with E-state index in [2.05, 4.69) is 150 Å². The number of aryl methyl sites for hydroxylation is 1. The van der Waals surface area contributed by atoms with Gasteiger partial charge in [0.2, 0.25) is 0 Å². The van der Waals surface area contributed by atoms with Gasteiger partial charge in [0.15, 0.2) is 0 Å². The van der Waals surface area contributed by atoms with Gasteiger partial charge in [0, 0.05) is 5.41 Å². The van der Waals surface area contributed by atoms with Crippen molar-refractivity contribution in [3.05, 3.63) is 155 Å². The van der Waals surface area contributed by atoms with E-state index >= 15 is 0 Å². The predicted molar refractivity (Wildman–Crippen MR) is 195 cm³/mol. The molecule has 3 aliphatic rings. The van der Waals surface area contributed by atoms with Crippen LogP contribution in [0.3, 0.4) is 0 Å². The van der Waals surface area contributed by atoms with Gasteiger partial charge in [0.25, 0.3) is 0 Å². The fourth-order valence-electron chi connectivity index (χ4n) is 8.38. The lowest BCUT2D eigenvalue weighted by Crippen LogP contribution is -2.26. The van der Waals surface area contributed by atoms with Gasteiger partial charge in [0.1, 0.15) is 0 Å². The molecule has 0 aliphatic heterocycles. The van der Waals surface area contributed by atoms with E-state index in [0.29, 0.717) is 0 Å². The molecular weight excluding hydrogens is 540 g/mol. The van der Waals surface area contributed by atoms with E-state index in [0.717, 1.165) is 5.57 Å². The van der Waals surface area contributed by atoms with E-state index in [1.807, 2.05) is 0 Å². The Hall–Kier alpha value is -4.94. The summed E-state index contributed by atoms with van der Waals surface area (Å²) < 4.78 is 0.